The van der Waals surface area contributed by atoms with Gasteiger partial charge in [0.25, 0.3) is 0 Å². The highest BCUT2D eigenvalue weighted by Gasteiger charge is 2.06. The molecular formula is C7H3I2NO2. The summed E-state index contributed by atoms with van der Waals surface area (Å²) in [5.41, 5.74) is 1.31. The minimum atomic E-state index is -0.275. The number of oxazole rings is 1. The lowest BCUT2D eigenvalue weighted by Crippen LogP contribution is -1.78. The van der Waals surface area contributed by atoms with Crippen LogP contribution in [0.2, 0.25) is 0 Å². The van der Waals surface area contributed by atoms with Crippen molar-refractivity contribution in [1.82, 2.24) is 4.98 Å². The Balaban J connectivity index is 2.83. The highest BCUT2D eigenvalue weighted by atomic mass is 127. The van der Waals surface area contributed by atoms with Gasteiger partial charge in [-0.15, -0.1) is 0 Å². The van der Waals surface area contributed by atoms with Gasteiger partial charge in [0, 0.05) is 7.14 Å². The molecule has 2 aromatic rings. The quantitative estimate of drug-likeness (QED) is 0.708. The number of aromatic hydroxyl groups is 1. The highest BCUT2D eigenvalue weighted by molar-refractivity contribution is 14.1. The summed E-state index contributed by atoms with van der Waals surface area (Å²) >= 11 is 4.42. The molecule has 12 heavy (non-hydrogen) atoms. The second-order valence-corrected chi connectivity index (χ2v) is 4.55. The molecule has 1 N–H and O–H groups in total. The molecule has 62 valence electrons. The van der Waals surface area contributed by atoms with Crippen LogP contribution in [0.5, 0.6) is 6.08 Å². The maximum atomic E-state index is 8.96. The van der Waals surface area contributed by atoms with Gasteiger partial charge in [0.2, 0.25) is 0 Å². The van der Waals surface area contributed by atoms with Gasteiger partial charge in [-0.2, -0.15) is 4.98 Å². The van der Waals surface area contributed by atoms with Crippen molar-refractivity contribution >= 4 is 56.3 Å². The second kappa shape index (κ2) is 3.02. The highest BCUT2D eigenvalue weighted by Crippen LogP contribution is 2.25. The van der Waals surface area contributed by atoms with Gasteiger partial charge >= 0.3 is 6.08 Å². The van der Waals surface area contributed by atoms with Gasteiger partial charge in [-0.05, 0) is 57.3 Å². The number of nitrogens with zero attached hydrogens (tertiary/aromatic N) is 1. The normalized spacial score (nSPS) is 10.8. The van der Waals surface area contributed by atoms with E-state index in [4.69, 9.17) is 9.52 Å². The number of fused-ring (bicyclic) bond motifs is 1. The predicted octanol–water partition coefficient (Wildman–Crippen LogP) is 2.74. The third kappa shape index (κ3) is 1.39. The monoisotopic (exact) mass is 387 g/mol. The van der Waals surface area contributed by atoms with E-state index in [1.165, 1.54) is 0 Å². The zero-order chi connectivity index (χ0) is 8.72. The molecule has 5 heteroatoms. The number of hydrogen-bond acceptors (Lipinski definition) is 3. The van der Waals surface area contributed by atoms with Crippen molar-refractivity contribution in [2.45, 2.75) is 0 Å². The van der Waals surface area contributed by atoms with Crippen LogP contribution in [-0.4, -0.2) is 10.1 Å². The molecule has 0 saturated carbocycles. The van der Waals surface area contributed by atoms with E-state index in [9.17, 15) is 0 Å². The van der Waals surface area contributed by atoms with Crippen molar-refractivity contribution in [1.29, 1.82) is 0 Å². The molecule has 0 aliphatic heterocycles. The summed E-state index contributed by atoms with van der Waals surface area (Å²) in [6, 6.07) is 3.73. The van der Waals surface area contributed by atoms with E-state index < -0.39 is 0 Å². The number of hydrogen-bond donors (Lipinski definition) is 1. The molecule has 0 saturated heterocycles. The smallest absolute Gasteiger partial charge is 0.392 e. The fourth-order valence-corrected chi connectivity index (χ4v) is 1.80. The van der Waals surface area contributed by atoms with Crippen molar-refractivity contribution in [3.63, 3.8) is 0 Å². The summed E-state index contributed by atoms with van der Waals surface area (Å²) in [6.07, 6.45) is -0.275. The predicted molar refractivity (Wildman–Crippen MR) is 61.1 cm³/mol. The van der Waals surface area contributed by atoms with Gasteiger partial charge in [0.05, 0.1) is 0 Å². The molecule has 2 rings (SSSR count). The van der Waals surface area contributed by atoms with Crippen LogP contribution in [0.15, 0.2) is 16.5 Å². The van der Waals surface area contributed by atoms with Gasteiger partial charge in [-0.25, -0.2) is 0 Å². The Morgan fingerprint density at radius 3 is 2.67 bits per heavy atom. The molecule has 0 aliphatic carbocycles. The third-order valence-electron chi connectivity index (χ3n) is 1.42. The van der Waals surface area contributed by atoms with E-state index in [1.807, 2.05) is 12.1 Å². The minimum absolute atomic E-state index is 0.275. The van der Waals surface area contributed by atoms with Crippen LogP contribution in [-0.2, 0) is 0 Å². The first-order chi connectivity index (χ1) is 5.66. The van der Waals surface area contributed by atoms with Crippen LogP contribution < -0.4 is 0 Å². The standard InChI is InChI=1S/C7H3I2NO2/c8-3-1-5-6(2-4(3)9)12-7(11)10-5/h1-2H,(H,10,11). The summed E-state index contributed by atoms with van der Waals surface area (Å²) in [7, 11) is 0. The van der Waals surface area contributed by atoms with Crippen molar-refractivity contribution in [3.8, 4) is 6.08 Å². The van der Waals surface area contributed by atoms with Gasteiger partial charge in [-0.1, -0.05) is 0 Å². The van der Waals surface area contributed by atoms with Gasteiger partial charge in [0.15, 0.2) is 5.58 Å². The molecule has 1 heterocycles. The van der Waals surface area contributed by atoms with Crippen molar-refractivity contribution < 1.29 is 9.52 Å². The van der Waals surface area contributed by atoms with E-state index in [2.05, 4.69) is 50.2 Å². The number of benzene rings is 1. The zero-order valence-electron chi connectivity index (χ0n) is 5.71. The van der Waals surface area contributed by atoms with Gasteiger partial charge in [0.1, 0.15) is 5.52 Å². The van der Waals surface area contributed by atoms with E-state index >= 15 is 0 Å². The first-order valence-corrected chi connectivity index (χ1v) is 5.27. The summed E-state index contributed by atoms with van der Waals surface area (Å²) in [5, 5.41) is 8.96. The average molecular weight is 387 g/mol. The molecule has 0 atom stereocenters. The van der Waals surface area contributed by atoms with Crippen LogP contribution >= 0.6 is 45.2 Å². The maximum absolute atomic E-state index is 8.96. The fraction of sp³-hybridized carbons (Fsp3) is 0. The van der Waals surface area contributed by atoms with E-state index in [1.54, 1.807) is 0 Å². The van der Waals surface area contributed by atoms with Crippen LogP contribution in [0.1, 0.15) is 0 Å². The van der Waals surface area contributed by atoms with Gasteiger partial charge < -0.3 is 9.52 Å². The Bertz CT molecular complexity index is 399. The molecule has 1 aromatic carbocycles. The topological polar surface area (TPSA) is 46.3 Å². The van der Waals surface area contributed by atoms with Gasteiger partial charge in [-0.3, -0.25) is 0 Å². The zero-order valence-corrected chi connectivity index (χ0v) is 10.0. The lowest BCUT2D eigenvalue weighted by atomic mass is 10.3. The second-order valence-electron chi connectivity index (χ2n) is 2.23. The summed E-state index contributed by atoms with van der Waals surface area (Å²) in [5.74, 6) is 0. The molecule has 0 fully saturated rings. The van der Waals surface area contributed by atoms with Crippen LogP contribution in [0.3, 0.4) is 0 Å². The fourth-order valence-electron chi connectivity index (χ4n) is 0.911. The summed E-state index contributed by atoms with van der Waals surface area (Å²) < 4.78 is 7.14. The van der Waals surface area contributed by atoms with Crippen molar-refractivity contribution in [3.05, 3.63) is 19.3 Å². The molecule has 0 aliphatic rings. The van der Waals surface area contributed by atoms with E-state index in [0.29, 0.717) is 11.1 Å². The summed E-state index contributed by atoms with van der Waals surface area (Å²) in [6.45, 7) is 0. The number of aromatic nitrogens is 1. The first-order valence-electron chi connectivity index (χ1n) is 3.11. The van der Waals surface area contributed by atoms with Crippen LogP contribution in [0, 0.1) is 7.14 Å². The molecule has 0 bridgehead atoms. The van der Waals surface area contributed by atoms with E-state index in [-0.39, 0.29) is 6.08 Å². The largest absolute Gasteiger partial charge is 0.466 e. The third-order valence-corrected chi connectivity index (χ3v) is 4.24. The van der Waals surface area contributed by atoms with Crippen molar-refractivity contribution in [2.75, 3.05) is 0 Å². The Kier molecular flexibility index (Phi) is 2.15. The maximum Gasteiger partial charge on any atom is 0.392 e. The molecular weight excluding hydrogens is 384 g/mol. The van der Waals surface area contributed by atoms with E-state index in [0.717, 1.165) is 7.14 Å². The Morgan fingerprint density at radius 2 is 1.92 bits per heavy atom. The molecule has 1 aromatic heterocycles. The minimum Gasteiger partial charge on any atom is -0.466 e. The molecule has 0 amide bonds. The molecule has 0 spiro atoms. The lowest BCUT2D eigenvalue weighted by molar-refractivity contribution is 0.328. The van der Waals surface area contributed by atoms with Crippen LogP contribution in [0.4, 0.5) is 0 Å². The van der Waals surface area contributed by atoms with Crippen LogP contribution in [0.25, 0.3) is 11.1 Å². The number of rotatable bonds is 0. The SMILES string of the molecule is Oc1nc2cc(I)c(I)cc2o1. The first kappa shape index (κ1) is 8.54. The lowest BCUT2D eigenvalue weighted by Gasteiger charge is -1.92. The summed E-state index contributed by atoms with van der Waals surface area (Å²) in [4.78, 5) is 3.80. The molecule has 0 unspecified atom stereocenters. The Labute approximate surface area is 95.4 Å². The average Bonchev–Trinajstić information content (AvgIpc) is 2.30. The molecule has 3 nitrogen and oxygen atoms in total. The van der Waals surface area contributed by atoms with Crippen molar-refractivity contribution in [2.24, 2.45) is 0 Å². The number of halogens is 2. The molecule has 0 radical (unpaired) electrons. The Morgan fingerprint density at radius 1 is 1.25 bits per heavy atom. The Hall–Kier alpha value is -0.0500.